The highest BCUT2D eigenvalue weighted by Crippen LogP contribution is 2.25. The van der Waals surface area contributed by atoms with E-state index in [1.807, 2.05) is 0 Å². The molecule has 176 valence electrons. The summed E-state index contributed by atoms with van der Waals surface area (Å²) >= 11 is 5.83. The number of sulfone groups is 1. The molecule has 2 fully saturated rings. The standard InChI is InChI=1S/C16H24ClN3O.C7H7FO2S/c17-14-10-18-16(19-11-14)20-8-6-13(7-9-20)12-21-15-4-2-1-3-5-15;1-11(9,10)7-4-2-3-6(8)5-7/h10-11,13,15H,1-9,12H2;2-5H,1H3. The molecule has 2 aromatic rings. The van der Waals surface area contributed by atoms with Gasteiger partial charge in [0.05, 0.1) is 28.4 Å². The van der Waals surface area contributed by atoms with Gasteiger partial charge in [0.15, 0.2) is 9.84 Å². The van der Waals surface area contributed by atoms with Crippen molar-refractivity contribution >= 4 is 27.4 Å². The van der Waals surface area contributed by atoms with Crippen molar-refractivity contribution in [2.75, 3.05) is 30.9 Å². The molecule has 2 aliphatic rings. The first-order chi connectivity index (χ1) is 15.3. The summed E-state index contributed by atoms with van der Waals surface area (Å²) in [5.41, 5.74) is 0. The molecular weight excluding hydrogens is 453 g/mol. The smallest absolute Gasteiger partial charge is 0.225 e. The molecule has 6 nitrogen and oxygen atoms in total. The third kappa shape index (κ3) is 7.98. The lowest BCUT2D eigenvalue weighted by Crippen LogP contribution is -2.36. The summed E-state index contributed by atoms with van der Waals surface area (Å²) in [6.07, 6.45) is 13.8. The van der Waals surface area contributed by atoms with E-state index < -0.39 is 15.7 Å². The number of aromatic nitrogens is 2. The average molecular weight is 484 g/mol. The SMILES string of the molecule is CS(=O)(=O)c1cccc(F)c1.Clc1cnc(N2CCC(COC3CCCCC3)CC2)nc1. The minimum Gasteiger partial charge on any atom is -0.378 e. The second-order valence-corrected chi connectivity index (χ2v) is 10.9. The van der Waals surface area contributed by atoms with Crippen LogP contribution in [-0.2, 0) is 14.6 Å². The number of rotatable bonds is 5. The maximum Gasteiger partial charge on any atom is 0.225 e. The Hall–Kier alpha value is -1.77. The predicted octanol–water partition coefficient (Wildman–Crippen LogP) is 4.92. The minimum atomic E-state index is -3.27. The van der Waals surface area contributed by atoms with Crippen LogP contribution in [0.1, 0.15) is 44.9 Å². The quantitative estimate of drug-likeness (QED) is 0.600. The largest absolute Gasteiger partial charge is 0.378 e. The Morgan fingerprint density at radius 1 is 1.09 bits per heavy atom. The summed E-state index contributed by atoms with van der Waals surface area (Å²) in [5.74, 6) is 0.953. The molecule has 0 amide bonds. The van der Waals surface area contributed by atoms with Crippen molar-refractivity contribution in [3.8, 4) is 0 Å². The second kappa shape index (κ2) is 11.9. The Morgan fingerprint density at radius 3 is 2.31 bits per heavy atom. The molecule has 1 saturated carbocycles. The first kappa shape index (κ1) is 24.9. The predicted molar refractivity (Wildman–Crippen MR) is 124 cm³/mol. The Morgan fingerprint density at radius 2 is 1.75 bits per heavy atom. The van der Waals surface area contributed by atoms with E-state index >= 15 is 0 Å². The molecule has 1 aliphatic carbocycles. The lowest BCUT2D eigenvalue weighted by molar-refractivity contribution is 0.00355. The molecule has 2 heterocycles. The highest BCUT2D eigenvalue weighted by atomic mass is 35.5. The number of benzene rings is 1. The van der Waals surface area contributed by atoms with Crippen molar-refractivity contribution in [3.63, 3.8) is 0 Å². The topological polar surface area (TPSA) is 72.4 Å². The Labute approximate surface area is 195 Å². The minimum absolute atomic E-state index is 0.0116. The summed E-state index contributed by atoms with van der Waals surface area (Å²) < 4.78 is 40.2. The van der Waals surface area contributed by atoms with Gasteiger partial charge >= 0.3 is 0 Å². The zero-order chi connectivity index (χ0) is 23.0. The lowest BCUT2D eigenvalue weighted by Gasteiger charge is -2.33. The molecule has 0 atom stereocenters. The maximum absolute atomic E-state index is 12.4. The van der Waals surface area contributed by atoms with Crippen molar-refractivity contribution in [1.82, 2.24) is 9.97 Å². The van der Waals surface area contributed by atoms with Gasteiger partial charge < -0.3 is 9.64 Å². The van der Waals surface area contributed by atoms with Crippen LogP contribution < -0.4 is 4.90 Å². The Bertz CT molecular complexity index is 945. The molecule has 0 bridgehead atoms. The Kier molecular flexibility index (Phi) is 9.25. The molecule has 0 radical (unpaired) electrons. The van der Waals surface area contributed by atoms with Gasteiger partial charge in [0.2, 0.25) is 5.95 Å². The molecule has 0 N–H and O–H groups in total. The van der Waals surface area contributed by atoms with Crippen LogP contribution in [0.4, 0.5) is 10.3 Å². The molecule has 1 aromatic carbocycles. The molecular formula is C23H31ClFN3O3S. The summed E-state index contributed by atoms with van der Waals surface area (Å²) in [5, 5.41) is 0.592. The molecule has 9 heteroatoms. The van der Waals surface area contributed by atoms with E-state index in [0.29, 0.717) is 17.0 Å². The number of anilines is 1. The van der Waals surface area contributed by atoms with E-state index in [-0.39, 0.29) is 4.90 Å². The van der Waals surface area contributed by atoms with E-state index in [0.717, 1.165) is 38.0 Å². The van der Waals surface area contributed by atoms with Gasteiger partial charge in [-0.15, -0.1) is 0 Å². The van der Waals surface area contributed by atoms with Crippen LogP contribution in [-0.4, -0.2) is 50.4 Å². The van der Waals surface area contributed by atoms with Gasteiger partial charge in [-0.3, -0.25) is 0 Å². The average Bonchev–Trinajstić information content (AvgIpc) is 2.79. The summed E-state index contributed by atoms with van der Waals surface area (Å²) in [6, 6.07) is 4.92. The van der Waals surface area contributed by atoms with Crippen LogP contribution >= 0.6 is 11.6 Å². The van der Waals surface area contributed by atoms with E-state index in [1.165, 1.54) is 63.1 Å². The molecule has 1 aliphatic heterocycles. The first-order valence-electron chi connectivity index (χ1n) is 11.1. The van der Waals surface area contributed by atoms with Gasteiger partial charge in [-0.2, -0.15) is 0 Å². The van der Waals surface area contributed by atoms with Crippen molar-refractivity contribution in [2.45, 2.75) is 55.9 Å². The van der Waals surface area contributed by atoms with Crippen LogP contribution in [0, 0.1) is 11.7 Å². The lowest BCUT2D eigenvalue weighted by atomic mass is 9.96. The molecule has 1 aromatic heterocycles. The van der Waals surface area contributed by atoms with Gasteiger partial charge in [0.1, 0.15) is 5.82 Å². The van der Waals surface area contributed by atoms with Gasteiger partial charge in [-0.1, -0.05) is 36.9 Å². The number of halogens is 2. The Balaban J connectivity index is 0.000000222. The third-order valence-electron chi connectivity index (χ3n) is 5.85. The number of nitrogens with zero attached hydrogens (tertiary/aromatic N) is 3. The van der Waals surface area contributed by atoms with E-state index in [9.17, 15) is 12.8 Å². The van der Waals surface area contributed by atoms with Crippen LogP contribution in [0.25, 0.3) is 0 Å². The highest BCUT2D eigenvalue weighted by molar-refractivity contribution is 7.90. The summed E-state index contributed by atoms with van der Waals surface area (Å²) in [7, 11) is -3.27. The van der Waals surface area contributed by atoms with Crippen LogP contribution in [0.15, 0.2) is 41.6 Å². The first-order valence-corrected chi connectivity index (χ1v) is 13.4. The summed E-state index contributed by atoms with van der Waals surface area (Å²) in [4.78, 5) is 10.9. The van der Waals surface area contributed by atoms with Gasteiger partial charge in [0, 0.05) is 26.0 Å². The van der Waals surface area contributed by atoms with Crippen LogP contribution in [0.5, 0.6) is 0 Å². The third-order valence-corrected chi connectivity index (χ3v) is 7.15. The van der Waals surface area contributed by atoms with Crippen LogP contribution in [0.2, 0.25) is 5.02 Å². The zero-order valence-electron chi connectivity index (χ0n) is 18.4. The number of piperidine rings is 1. The monoisotopic (exact) mass is 483 g/mol. The van der Waals surface area contributed by atoms with Gasteiger partial charge in [-0.25, -0.2) is 22.8 Å². The van der Waals surface area contributed by atoms with Gasteiger partial charge in [0.25, 0.3) is 0 Å². The van der Waals surface area contributed by atoms with Gasteiger partial charge in [-0.05, 0) is 49.8 Å². The normalized spacial score (nSPS) is 18.2. The summed E-state index contributed by atoms with van der Waals surface area (Å²) in [6.45, 7) is 2.96. The highest BCUT2D eigenvalue weighted by Gasteiger charge is 2.23. The molecule has 1 saturated heterocycles. The van der Waals surface area contributed by atoms with Crippen molar-refractivity contribution in [1.29, 1.82) is 0 Å². The van der Waals surface area contributed by atoms with Crippen molar-refractivity contribution in [2.24, 2.45) is 5.92 Å². The zero-order valence-corrected chi connectivity index (χ0v) is 20.0. The van der Waals surface area contributed by atoms with E-state index in [4.69, 9.17) is 16.3 Å². The molecule has 32 heavy (non-hydrogen) atoms. The fourth-order valence-electron chi connectivity index (χ4n) is 3.97. The number of hydrogen-bond donors (Lipinski definition) is 0. The number of ether oxygens (including phenoxy) is 1. The molecule has 4 rings (SSSR count). The van der Waals surface area contributed by atoms with Crippen LogP contribution in [0.3, 0.4) is 0 Å². The molecule has 0 spiro atoms. The molecule has 0 unspecified atom stereocenters. The van der Waals surface area contributed by atoms with E-state index in [2.05, 4.69) is 14.9 Å². The van der Waals surface area contributed by atoms with E-state index in [1.54, 1.807) is 12.4 Å². The van der Waals surface area contributed by atoms with Crippen molar-refractivity contribution in [3.05, 3.63) is 47.5 Å². The number of hydrogen-bond acceptors (Lipinski definition) is 6. The fourth-order valence-corrected chi connectivity index (χ4v) is 4.72. The maximum atomic E-state index is 12.4. The second-order valence-electron chi connectivity index (χ2n) is 8.45. The fraction of sp³-hybridized carbons (Fsp3) is 0.565. The van der Waals surface area contributed by atoms with Crippen molar-refractivity contribution < 1.29 is 17.5 Å².